The molecule has 0 bridgehead atoms. The summed E-state index contributed by atoms with van der Waals surface area (Å²) in [5.41, 5.74) is 2.10. The topological polar surface area (TPSA) is 39.4 Å². The SMILES string of the molecule is C=C(CCC(=O)OCC)Cc1ccoc1. The first-order chi connectivity index (χ1) is 7.22. The average Bonchev–Trinajstić information content (AvgIpc) is 2.68. The molecular formula is C12H16O3. The molecule has 0 aromatic carbocycles. The number of carbonyl (C=O) groups is 1. The van der Waals surface area contributed by atoms with Crippen molar-refractivity contribution in [1.29, 1.82) is 0 Å². The van der Waals surface area contributed by atoms with Crippen LogP contribution in [0.25, 0.3) is 0 Å². The van der Waals surface area contributed by atoms with E-state index in [2.05, 4.69) is 6.58 Å². The first-order valence-corrected chi connectivity index (χ1v) is 5.05. The Balaban J connectivity index is 2.22. The molecule has 1 aromatic rings. The highest BCUT2D eigenvalue weighted by Gasteiger charge is 2.04. The molecule has 0 N–H and O–H groups in total. The molecule has 0 fully saturated rings. The van der Waals surface area contributed by atoms with E-state index in [1.54, 1.807) is 19.5 Å². The normalized spacial score (nSPS) is 9.93. The highest BCUT2D eigenvalue weighted by atomic mass is 16.5. The number of hydrogen-bond donors (Lipinski definition) is 0. The Morgan fingerprint density at radius 3 is 2.93 bits per heavy atom. The predicted molar refractivity (Wildman–Crippen MR) is 57.4 cm³/mol. The van der Waals surface area contributed by atoms with Gasteiger partial charge in [-0.3, -0.25) is 4.79 Å². The van der Waals surface area contributed by atoms with Gasteiger partial charge < -0.3 is 9.15 Å². The zero-order valence-corrected chi connectivity index (χ0v) is 8.99. The van der Waals surface area contributed by atoms with Gasteiger partial charge in [0, 0.05) is 6.42 Å². The molecule has 0 aliphatic heterocycles. The minimum Gasteiger partial charge on any atom is -0.472 e. The smallest absolute Gasteiger partial charge is 0.306 e. The van der Waals surface area contributed by atoms with Crippen LogP contribution < -0.4 is 0 Å². The fourth-order valence-corrected chi connectivity index (χ4v) is 1.28. The molecule has 0 unspecified atom stereocenters. The quantitative estimate of drug-likeness (QED) is 0.533. The Morgan fingerprint density at radius 1 is 1.53 bits per heavy atom. The zero-order valence-electron chi connectivity index (χ0n) is 8.99. The van der Waals surface area contributed by atoms with Crippen molar-refractivity contribution in [2.75, 3.05) is 6.61 Å². The van der Waals surface area contributed by atoms with Gasteiger partial charge in [-0.15, -0.1) is 0 Å². The molecule has 1 rings (SSSR count). The van der Waals surface area contributed by atoms with E-state index < -0.39 is 0 Å². The lowest BCUT2D eigenvalue weighted by molar-refractivity contribution is -0.143. The first kappa shape index (κ1) is 11.6. The van der Waals surface area contributed by atoms with Crippen molar-refractivity contribution in [2.24, 2.45) is 0 Å². The van der Waals surface area contributed by atoms with E-state index in [9.17, 15) is 4.79 Å². The highest BCUT2D eigenvalue weighted by molar-refractivity contribution is 5.69. The van der Waals surface area contributed by atoms with E-state index in [4.69, 9.17) is 9.15 Å². The molecule has 0 atom stereocenters. The molecule has 3 heteroatoms. The molecule has 0 spiro atoms. The van der Waals surface area contributed by atoms with Crippen LogP contribution in [0.3, 0.4) is 0 Å². The number of furan rings is 1. The van der Waals surface area contributed by atoms with Crippen LogP contribution in [0.4, 0.5) is 0 Å². The zero-order chi connectivity index (χ0) is 11.1. The van der Waals surface area contributed by atoms with E-state index >= 15 is 0 Å². The van der Waals surface area contributed by atoms with Gasteiger partial charge in [0.15, 0.2) is 0 Å². The summed E-state index contributed by atoms with van der Waals surface area (Å²) in [6.45, 7) is 6.15. The molecule has 3 nitrogen and oxygen atoms in total. The molecule has 15 heavy (non-hydrogen) atoms. The minimum absolute atomic E-state index is 0.161. The number of ether oxygens (including phenoxy) is 1. The maximum Gasteiger partial charge on any atom is 0.306 e. The second-order valence-corrected chi connectivity index (χ2v) is 3.36. The summed E-state index contributed by atoms with van der Waals surface area (Å²) in [5.74, 6) is -0.161. The van der Waals surface area contributed by atoms with E-state index in [0.717, 1.165) is 17.6 Å². The molecule has 1 aromatic heterocycles. The lowest BCUT2D eigenvalue weighted by Crippen LogP contribution is -2.04. The van der Waals surface area contributed by atoms with Crippen LogP contribution in [-0.2, 0) is 16.0 Å². The average molecular weight is 208 g/mol. The van der Waals surface area contributed by atoms with Crippen molar-refractivity contribution in [3.63, 3.8) is 0 Å². The van der Waals surface area contributed by atoms with Gasteiger partial charge in [0.05, 0.1) is 19.1 Å². The number of rotatable bonds is 6. The minimum atomic E-state index is -0.161. The van der Waals surface area contributed by atoms with E-state index in [-0.39, 0.29) is 5.97 Å². The molecule has 0 aliphatic rings. The van der Waals surface area contributed by atoms with E-state index in [1.165, 1.54) is 0 Å². The first-order valence-electron chi connectivity index (χ1n) is 5.05. The van der Waals surface area contributed by atoms with E-state index in [1.807, 2.05) is 6.07 Å². The summed E-state index contributed by atoms with van der Waals surface area (Å²) >= 11 is 0. The van der Waals surface area contributed by atoms with Gasteiger partial charge in [-0.1, -0.05) is 12.2 Å². The van der Waals surface area contributed by atoms with E-state index in [0.29, 0.717) is 19.4 Å². The Hall–Kier alpha value is -1.51. The van der Waals surface area contributed by atoms with Crippen molar-refractivity contribution in [3.8, 4) is 0 Å². The van der Waals surface area contributed by atoms with Gasteiger partial charge in [-0.25, -0.2) is 0 Å². The number of allylic oxidation sites excluding steroid dienone is 1. The van der Waals surface area contributed by atoms with Crippen LogP contribution in [0.2, 0.25) is 0 Å². The molecule has 82 valence electrons. The molecule has 1 heterocycles. The Bertz CT molecular complexity index is 312. The lowest BCUT2D eigenvalue weighted by atomic mass is 10.1. The highest BCUT2D eigenvalue weighted by Crippen LogP contribution is 2.12. The van der Waals surface area contributed by atoms with Crippen LogP contribution in [0.5, 0.6) is 0 Å². The molecule has 0 amide bonds. The summed E-state index contributed by atoms with van der Waals surface area (Å²) in [6.07, 6.45) is 5.16. The Labute approximate surface area is 89.7 Å². The van der Waals surface area contributed by atoms with Crippen molar-refractivity contribution >= 4 is 5.97 Å². The van der Waals surface area contributed by atoms with Crippen LogP contribution in [0, 0.1) is 0 Å². The van der Waals surface area contributed by atoms with Crippen molar-refractivity contribution in [1.82, 2.24) is 0 Å². The molecule has 0 saturated heterocycles. The Morgan fingerprint density at radius 2 is 2.33 bits per heavy atom. The largest absolute Gasteiger partial charge is 0.472 e. The van der Waals surface area contributed by atoms with Crippen LogP contribution in [0.1, 0.15) is 25.3 Å². The maximum atomic E-state index is 11.1. The Kier molecular flexibility index (Phi) is 4.68. The fraction of sp³-hybridized carbons (Fsp3) is 0.417. The van der Waals surface area contributed by atoms with Crippen molar-refractivity contribution in [3.05, 3.63) is 36.3 Å². The third-order valence-corrected chi connectivity index (χ3v) is 2.02. The van der Waals surface area contributed by atoms with Gasteiger partial charge >= 0.3 is 5.97 Å². The monoisotopic (exact) mass is 208 g/mol. The summed E-state index contributed by atoms with van der Waals surface area (Å²) < 4.78 is 9.78. The number of carbonyl (C=O) groups excluding carboxylic acids is 1. The third-order valence-electron chi connectivity index (χ3n) is 2.02. The second-order valence-electron chi connectivity index (χ2n) is 3.36. The fourth-order valence-electron chi connectivity index (χ4n) is 1.28. The lowest BCUT2D eigenvalue weighted by Gasteiger charge is -2.03. The van der Waals surface area contributed by atoms with Gasteiger partial charge in [0.1, 0.15) is 0 Å². The molecular weight excluding hydrogens is 192 g/mol. The van der Waals surface area contributed by atoms with Gasteiger partial charge in [-0.05, 0) is 31.4 Å². The second kappa shape index (κ2) is 6.06. The van der Waals surface area contributed by atoms with Gasteiger partial charge in [0.2, 0.25) is 0 Å². The summed E-state index contributed by atoms with van der Waals surface area (Å²) in [5, 5.41) is 0. The van der Waals surface area contributed by atoms with Crippen molar-refractivity contribution < 1.29 is 13.9 Å². The summed E-state index contributed by atoms with van der Waals surface area (Å²) in [6, 6.07) is 1.90. The van der Waals surface area contributed by atoms with Crippen LogP contribution in [-0.4, -0.2) is 12.6 Å². The third kappa shape index (κ3) is 4.49. The standard InChI is InChI=1S/C12H16O3/c1-3-15-12(13)5-4-10(2)8-11-6-7-14-9-11/h6-7,9H,2-5,8H2,1H3. The van der Waals surface area contributed by atoms with Gasteiger partial charge in [0.25, 0.3) is 0 Å². The van der Waals surface area contributed by atoms with Crippen LogP contribution in [0.15, 0.2) is 35.2 Å². The molecule has 0 saturated carbocycles. The number of hydrogen-bond acceptors (Lipinski definition) is 3. The van der Waals surface area contributed by atoms with Crippen molar-refractivity contribution in [2.45, 2.75) is 26.2 Å². The summed E-state index contributed by atoms with van der Waals surface area (Å²) in [4.78, 5) is 11.1. The predicted octanol–water partition coefficient (Wildman–Crippen LogP) is 2.72. The molecule has 0 aliphatic carbocycles. The van der Waals surface area contributed by atoms with Gasteiger partial charge in [-0.2, -0.15) is 0 Å². The number of esters is 1. The molecule has 0 radical (unpaired) electrons. The van der Waals surface area contributed by atoms with Crippen LogP contribution >= 0.6 is 0 Å². The summed E-state index contributed by atoms with van der Waals surface area (Å²) in [7, 11) is 0. The maximum absolute atomic E-state index is 11.1.